The quantitative estimate of drug-likeness (QED) is 0.279. The Morgan fingerprint density at radius 3 is 2.42 bits per heavy atom. The lowest BCUT2D eigenvalue weighted by Crippen LogP contribution is -2.34. The van der Waals surface area contributed by atoms with E-state index >= 15 is 0 Å². The highest BCUT2D eigenvalue weighted by molar-refractivity contribution is 5.99. The summed E-state index contributed by atoms with van der Waals surface area (Å²) >= 11 is 0. The van der Waals surface area contributed by atoms with E-state index in [0.717, 1.165) is 55.5 Å². The molecule has 3 aromatic carbocycles. The van der Waals surface area contributed by atoms with Crippen molar-refractivity contribution in [1.29, 1.82) is 0 Å². The van der Waals surface area contributed by atoms with Crippen molar-refractivity contribution in [3.05, 3.63) is 95.2 Å². The number of aromatic amines is 1. The van der Waals surface area contributed by atoms with Gasteiger partial charge in [0.1, 0.15) is 11.6 Å². The summed E-state index contributed by atoms with van der Waals surface area (Å²) in [4.78, 5) is 18.1. The van der Waals surface area contributed by atoms with Gasteiger partial charge in [0.25, 0.3) is 0 Å². The van der Waals surface area contributed by atoms with E-state index in [-0.39, 0.29) is 17.7 Å². The van der Waals surface area contributed by atoms with Gasteiger partial charge in [-0.2, -0.15) is 0 Å². The van der Waals surface area contributed by atoms with E-state index in [1.807, 2.05) is 24.4 Å². The first-order valence-corrected chi connectivity index (χ1v) is 12.4. The number of carbonyl (C=O) groups is 1. The average molecular weight is 489 g/mol. The maximum absolute atomic E-state index is 13.8. The molecule has 3 N–H and O–H groups in total. The zero-order valence-corrected chi connectivity index (χ0v) is 20.3. The minimum absolute atomic E-state index is 0.194. The van der Waals surface area contributed by atoms with Crippen molar-refractivity contribution in [1.82, 2.24) is 9.88 Å². The van der Waals surface area contributed by atoms with E-state index in [4.69, 9.17) is 0 Å². The summed E-state index contributed by atoms with van der Waals surface area (Å²) in [6, 6.07) is 16.2. The molecule has 1 aliphatic rings. The van der Waals surface area contributed by atoms with Crippen LogP contribution in [0.15, 0.2) is 66.9 Å². The molecular weight excluding hydrogens is 458 g/mol. The summed E-state index contributed by atoms with van der Waals surface area (Å²) in [6.45, 7) is 5.04. The number of likely N-dealkylation sites (tertiary alicyclic amines) is 1. The Balaban J connectivity index is 1.14. The van der Waals surface area contributed by atoms with Crippen molar-refractivity contribution in [3.8, 4) is 0 Å². The summed E-state index contributed by atoms with van der Waals surface area (Å²) in [6.07, 6.45) is 5.03. The minimum atomic E-state index is -0.365. The second-order valence-corrected chi connectivity index (χ2v) is 9.53. The fraction of sp³-hybridized carbons (Fsp3) is 0.276. The fourth-order valence-electron chi connectivity index (χ4n) is 5.04. The van der Waals surface area contributed by atoms with Gasteiger partial charge in [-0.3, -0.25) is 0 Å². The first kappa shape index (κ1) is 24.0. The molecular formula is C29H30F2N4O. The molecule has 0 atom stereocenters. The number of halogens is 2. The van der Waals surface area contributed by atoms with Gasteiger partial charge in [0, 0.05) is 35.0 Å². The number of nitrogens with one attached hydrogen (secondary N) is 3. The molecule has 7 heteroatoms. The Bertz CT molecular complexity index is 1360. The molecule has 5 nitrogen and oxygen atoms in total. The van der Waals surface area contributed by atoms with Gasteiger partial charge in [0.05, 0.1) is 0 Å². The van der Waals surface area contributed by atoms with Crippen LogP contribution in [-0.4, -0.2) is 35.5 Å². The van der Waals surface area contributed by atoms with Crippen LogP contribution in [0.4, 0.5) is 25.0 Å². The standard InChI is InChI=1S/C29H30F2N4O/c1-19-2-6-25(34-29(36)33-24-7-3-22(30)4-8-24)16-21(19)12-15-35-13-10-20(11-14-35)27-18-32-28-9-5-23(31)17-26(27)28/h2-9,16-18,20,32H,10-15H2,1H3,(H2,33,34,36). The molecule has 0 aliphatic carbocycles. The van der Waals surface area contributed by atoms with Crippen LogP contribution >= 0.6 is 0 Å². The topological polar surface area (TPSA) is 60.2 Å². The minimum Gasteiger partial charge on any atom is -0.361 e. The van der Waals surface area contributed by atoms with Crippen LogP contribution in [0.5, 0.6) is 0 Å². The first-order valence-electron chi connectivity index (χ1n) is 12.4. The molecule has 0 bridgehead atoms. The second-order valence-electron chi connectivity index (χ2n) is 9.53. The van der Waals surface area contributed by atoms with E-state index in [9.17, 15) is 13.6 Å². The number of fused-ring (bicyclic) bond motifs is 1. The summed E-state index contributed by atoms with van der Waals surface area (Å²) in [5.74, 6) is -0.104. The SMILES string of the molecule is Cc1ccc(NC(=O)Nc2ccc(F)cc2)cc1CCN1CCC(c2c[nH]c3ccc(F)cc23)CC1. The Morgan fingerprint density at radius 2 is 1.64 bits per heavy atom. The van der Waals surface area contributed by atoms with E-state index < -0.39 is 0 Å². The molecule has 5 rings (SSSR count). The van der Waals surface area contributed by atoms with Gasteiger partial charge in [-0.25, -0.2) is 13.6 Å². The summed E-state index contributed by atoms with van der Waals surface area (Å²) in [5.41, 5.74) is 5.85. The normalized spacial score (nSPS) is 14.8. The number of H-pyrrole nitrogens is 1. The highest BCUT2D eigenvalue weighted by atomic mass is 19.1. The van der Waals surface area contributed by atoms with Crippen molar-refractivity contribution in [2.75, 3.05) is 30.3 Å². The van der Waals surface area contributed by atoms with Crippen LogP contribution in [0.25, 0.3) is 10.9 Å². The molecule has 0 radical (unpaired) electrons. The van der Waals surface area contributed by atoms with Crippen molar-refractivity contribution in [3.63, 3.8) is 0 Å². The first-order chi connectivity index (χ1) is 17.4. The van der Waals surface area contributed by atoms with Crippen molar-refractivity contribution >= 4 is 28.3 Å². The summed E-state index contributed by atoms with van der Waals surface area (Å²) in [7, 11) is 0. The number of hydrogen-bond donors (Lipinski definition) is 3. The van der Waals surface area contributed by atoms with Crippen molar-refractivity contribution in [2.45, 2.75) is 32.1 Å². The lowest BCUT2D eigenvalue weighted by atomic mass is 9.89. The molecule has 2 heterocycles. The molecule has 1 aliphatic heterocycles. The number of piperidine rings is 1. The average Bonchev–Trinajstić information content (AvgIpc) is 3.29. The molecule has 186 valence electrons. The zero-order chi connectivity index (χ0) is 25.1. The van der Waals surface area contributed by atoms with Crippen LogP contribution in [0, 0.1) is 18.6 Å². The van der Waals surface area contributed by atoms with Gasteiger partial charge in [-0.05, 0) is 116 Å². The molecule has 1 fully saturated rings. The molecule has 0 unspecified atom stereocenters. The van der Waals surface area contributed by atoms with Gasteiger partial charge in [0.15, 0.2) is 0 Å². The number of rotatable bonds is 6. The smallest absolute Gasteiger partial charge is 0.323 e. The molecule has 1 aromatic heterocycles. The summed E-state index contributed by atoms with van der Waals surface area (Å²) < 4.78 is 26.8. The lowest BCUT2D eigenvalue weighted by Gasteiger charge is -2.32. The van der Waals surface area contributed by atoms with E-state index in [1.54, 1.807) is 12.1 Å². The molecule has 0 spiro atoms. The van der Waals surface area contributed by atoms with Crippen LogP contribution < -0.4 is 10.6 Å². The lowest BCUT2D eigenvalue weighted by molar-refractivity contribution is 0.215. The third kappa shape index (κ3) is 5.57. The maximum atomic E-state index is 13.8. The fourth-order valence-corrected chi connectivity index (χ4v) is 5.04. The zero-order valence-electron chi connectivity index (χ0n) is 20.3. The highest BCUT2D eigenvalue weighted by Gasteiger charge is 2.23. The van der Waals surface area contributed by atoms with Crippen LogP contribution in [0.1, 0.15) is 35.4 Å². The number of amides is 2. The van der Waals surface area contributed by atoms with Gasteiger partial charge < -0.3 is 20.5 Å². The largest absolute Gasteiger partial charge is 0.361 e. The number of nitrogens with zero attached hydrogens (tertiary/aromatic N) is 1. The van der Waals surface area contributed by atoms with Crippen LogP contribution in [-0.2, 0) is 6.42 Å². The Hall–Kier alpha value is -3.71. The van der Waals surface area contributed by atoms with Gasteiger partial charge in [-0.15, -0.1) is 0 Å². The number of benzene rings is 3. The van der Waals surface area contributed by atoms with E-state index in [0.29, 0.717) is 11.6 Å². The van der Waals surface area contributed by atoms with Crippen LogP contribution in [0.3, 0.4) is 0 Å². The number of urea groups is 1. The number of aryl methyl sites for hydroxylation is 1. The maximum Gasteiger partial charge on any atom is 0.323 e. The number of carbonyl (C=O) groups excluding carboxylic acids is 1. The third-order valence-corrected chi connectivity index (χ3v) is 7.11. The molecule has 0 saturated carbocycles. The predicted molar refractivity (Wildman–Crippen MR) is 141 cm³/mol. The molecule has 36 heavy (non-hydrogen) atoms. The molecule has 2 amide bonds. The van der Waals surface area contributed by atoms with Gasteiger partial charge >= 0.3 is 6.03 Å². The highest BCUT2D eigenvalue weighted by Crippen LogP contribution is 2.33. The Morgan fingerprint density at radius 1 is 0.944 bits per heavy atom. The number of aromatic nitrogens is 1. The Labute approximate surface area is 209 Å². The van der Waals surface area contributed by atoms with E-state index in [1.165, 1.54) is 47.0 Å². The van der Waals surface area contributed by atoms with Crippen molar-refractivity contribution < 1.29 is 13.6 Å². The van der Waals surface area contributed by atoms with E-state index in [2.05, 4.69) is 27.4 Å². The van der Waals surface area contributed by atoms with Crippen molar-refractivity contribution in [2.24, 2.45) is 0 Å². The molecule has 1 saturated heterocycles. The predicted octanol–water partition coefficient (Wildman–Crippen LogP) is 6.82. The van der Waals surface area contributed by atoms with Gasteiger partial charge in [0.2, 0.25) is 0 Å². The van der Waals surface area contributed by atoms with Crippen LogP contribution in [0.2, 0.25) is 0 Å². The summed E-state index contributed by atoms with van der Waals surface area (Å²) in [5, 5.41) is 6.58. The molecule has 4 aromatic rings. The Kier molecular flexibility index (Phi) is 7.00. The monoisotopic (exact) mass is 488 g/mol. The number of hydrogen-bond acceptors (Lipinski definition) is 2. The number of anilines is 2. The van der Waals surface area contributed by atoms with Gasteiger partial charge in [-0.1, -0.05) is 6.07 Å². The second kappa shape index (κ2) is 10.5. The third-order valence-electron chi connectivity index (χ3n) is 7.11.